The lowest BCUT2D eigenvalue weighted by Crippen LogP contribution is -2.23. The van der Waals surface area contributed by atoms with Gasteiger partial charge in [0.05, 0.1) is 12.9 Å². The van der Waals surface area contributed by atoms with Crippen molar-refractivity contribution in [2.75, 3.05) is 18.6 Å². The van der Waals surface area contributed by atoms with Gasteiger partial charge in [0.1, 0.15) is 5.82 Å². The third-order valence-electron chi connectivity index (χ3n) is 2.45. The molecule has 0 radical (unpaired) electrons. The van der Waals surface area contributed by atoms with Crippen molar-refractivity contribution in [1.29, 1.82) is 0 Å². The SMILES string of the molecule is CCOC(=O)c1ncn(CC(C)(C)SC)c1N. The maximum Gasteiger partial charge on any atom is 0.360 e. The Morgan fingerprint density at radius 2 is 2.29 bits per heavy atom. The summed E-state index contributed by atoms with van der Waals surface area (Å²) in [4.78, 5) is 15.5. The van der Waals surface area contributed by atoms with Gasteiger partial charge in [0, 0.05) is 11.3 Å². The van der Waals surface area contributed by atoms with Crippen LogP contribution in [-0.2, 0) is 11.3 Å². The van der Waals surface area contributed by atoms with E-state index in [9.17, 15) is 4.79 Å². The summed E-state index contributed by atoms with van der Waals surface area (Å²) < 4.78 is 6.70. The number of rotatable bonds is 5. The summed E-state index contributed by atoms with van der Waals surface area (Å²) in [6.07, 6.45) is 3.62. The lowest BCUT2D eigenvalue weighted by atomic mass is 10.2. The molecule has 0 aliphatic heterocycles. The quantitative estimate of drug-likeness (QED) is 0.814. The number of thioether (sulfide) groups is 1. The number of imidazole rings is 1. The number of carbonyl (C=O) groups is 1. The predicted octanol–water partition coefficient (Wildman–Crippen LogP) is 1.78. The van der Waals surface area contributed by atoms with E-state index in [2.05, 4.69) is 18.8 Å². The molecule has 1 aromatic heterocycles. The molecule has 0 atom stereocenters. The van der Waals surface area contributed by atoms with Gasteiger partial charge >= 0.3 is 5.97 Å². The van der Waals surface area contributed by atoms with Crippen molar-refractivity contribution < 1.29 is 9.53 Å². The van der Waals surface area contributed by atoms with Crippen LogP contribution >= 0.6 is 11.8 Å². The van der Waals surface area contributed by atoms with Crippen LogP contribution in [0.15, 0.2) is 6.33 Å². The lowest BCUT2D eigenvalue weighted by molar-refractivity contribution is 0.0521. The van der Waals surface area contributed by atoms with E-state index in [1.54, 1.807) is 29.6 Å². The highest BCUT2D eigenvalue weighted by Crippen LogP contribution is 2.25. The van der Waals surface area contributed by atoms with E-state index in [4.69, 9.17) is 10.5 Å². The van der Waals surface area contributed by atoms with Crippen LogP contribution in [0.3, 0.4) is 0 Å². The van der Waals surface area contributed by atoms with Gasteiger partial charge in [-0.15, -0.1) is 0 Å². The Bertz CT molecular complexity index is 401. The molecule has 1 heterocycles. The highest BCUT2D eigenvalue weighted by molar-refractivity contribution is 7.99. The van der Waals surface area contributed by atoms with Gasteiger partial charge in [0.25, 0.3) is 0 Å². The largest absolute Gasteiger partial charge is 0.461 e. The van der Waals surface area contributed by atoms with Crippen molar-refractivity contribution in [2.24, 2.45) is 0 Å². The van der Waals surface area contributed by atoms with Crippen LogP contribution in [0.1, 0.15) is 31.3 Å². The first-order chi connectivity index (χ1) is 7.91. The first kappa shape index (κ1) is 13.9. The fraction of sp³-hybridized carbons (Fsp3) is 0.636. The zero-order valence-electron chi connectivity index (χ0n) is 10.7. The second kappa shape index (κ2) is 5.44. The van der Waals surface area contributed by atoms with Gasteiger partial charge in [-0.05, 0) is 27.0 Å². The van der Waals surface area contributed by atoms with E-state index in [0.717, 1.165) is 0 Å². The molecule has 0 bridgehead atoms. The minimum Gasteiger partial charge on any atom is -0.461 e. The molecule has 96 valence electrons. The number of nitrogen functional groups attached to an aromatic ring is 1. The van der Waals surface area contributed by atoms with Gasteiger partial charge in [-0.25, -0.2) is 9.78 Å². The van der Waals surface area contributed by atoms with E-state index in [0.29, 0.717) is 19.0 Å². The smallest absolute Gasteiger partial charge is 0.360 e. The summed E-state index contributed by atoms with van der Waals surface area (Å²) in [5.74, 6) is -0.101. The van der Waals surface area contributed by atoms with E-state index in [1.807, 2.05) is 6.26 Å². The molecule has 0 spiro atoms. The number of aromatic nitrogens is 2. The summed E-state index contributed by atoms with van der Waals surface area (Å²) in [5.41, 5.74) is 6.08. The first-order valence-corrected chi connectivity index (χ1v) is 6.66. The van der Waals surface area contributed by atoms with Gasteiger partial charge in [0.15, 0.2) is 5.69 Å². The van der Waals surface area contributed by atoms with E-state index >= 15 is 0 Å². The normalized spacial score (nSPS) is 11.5. The number of ether oxygens (including phenoxy) is 1. The highest BCUT2D eigenvalue weighted by atomic mass is 32.2. The van der Waals surface area contributed by atoms with Crippen LogP contribution in [0.2, 0.25) is 0 Å². The van der Waals surface area contributed by atoms with Gasteiger partial charge < -0.3 is 15.0 Å². The molecule has 0 amide bonds. The molecule has 17 heavy (non-hydrogen) atoms. The van der Waals surface area contributed by atoms with Crippen molar-refractivity contribution in [2.45, 2.75) is 32.1 Å². The minimum absolute atomic E-state index is 0.0424. The van der Waals surface area contributed by atoms with Crippen LogP contribution in [0.25, 0.3) is 0 Å². The Labute approximate surface area is 106 Å². The zero-order chi connectivity index (χ0) is 13.1. The number of hydrogen-bond acceptors (Lipinski definition) is 5. The second-order valence-electron chi connectivity index (χ2n) is 4.29. The van der Waals surface area contributed by atoms with Crippen LogP contribution in [0, 0.1) is 0 Å². The molecule has 0 unspecified atom stereocenters. The Hall–Kier alpha value is -1.17. The van der Waals surface area contributed by atoms with Crippen molar-refractivity contribution in [3.8, 4) is 0 Å². The molecule has 0 aromatic carbocycles. The van der Waals surface area contributed by atoms with Crippen LogP contribution in [0.5, 0.6) is 0 Å². The molecule has 0 saturated heterocycles. The number of hydrogen-bond donors (Lipinski definition) is 1. The summed E-state index contributed by atoms with van der Waals surface area (Å²) >= 11 is 1.74. The average molecular weight is 257 g/mol. The number of esters is 1. The zero-order valence-corrected chi connectivity index (χ0v) is 11.5. The summed E-state index contributed by atoms with van der Waals surface area (Å²) in [6.45, 7) is 7.00. The first-order valence-electron chi connectivity index (χ1n) is 5.44. The van der Waals surface area contributed by atoms with Gasteiger partial charge in [-0.2, -0.15) is 11.8 Å². The molecule has 1 rings (SSSR count). The minimum atomic E-state index is -0.467. The molecule has 0 fully saturated rings. The third kappa shape index (κ3) is 3.39. The molecular formula is C11H19N3O2S. The van der Waals surface area contributed by atoms with Crippen molar-refractivity contribution in [1.82, 2.24) is 9.55 Å². The number of carbonyl (C=O) groups excluding carboxylic acids is 1. The predicted molar refractivity (Wildman–Crippen MR) is 70.2 cm³/mol. The Kier molecular flexibility index (Phi) is 4.45. The highest BCUT2D eigenvalue weighted by Gasteiger charge is 2.22. The molecule has 5 nitrogen and oxygen atoms in total. The van der Waals surface area contributed by atoms with Gasteiger partial charge in [-0.3, -0.25) is 0 Å². The molecule has 0 saturated carbocycles. The van der Waals surface area contributed by atoms with Crippen LogP contribution in [0.4, 0.5) is 5.82 Å². The summed E-state index contributed by atoms with van der Waals surface area (Å²) in [7, 11) is 0. The second-order valence-corrected chi connectivity index (χ2v) is 5.80. The van der Waals surface area contributed by atoms with Crippen molar-refractivity contribution >= 4 is 23.5 Å². The third-order valence-corrected chi connectivity index (χ3v) is 3.69. The number of anilines is 1. The Balaban J connectivity index is 2.88. The number of nitrogens with two attached hydrogens (primary N) is 1. The molecule has 0 aliphatic rings. The van der Waals surface area contributed by atoms with Gasteiger partial charge in [0.2, 0.25) is 0 Å². The van der Waals surface area contributed by atoms with E-state index in [1.165, 1.54) is 0 Å². The standard InChI is InChI=1S/C11H19N3O2S/c1-5-16-10(15)8-9(12)14(7-13-8)6-11(2,3)17-4/h7H,5-6,12H2,1-4H3. The molecular weight excluding hydrogens is 238 g/mol. The molecule has 6 heteroatoms. The van der Waals surface area contributed by atoms with E-state index < -0.39 is 5.97 Å². The maximum atomic E-state index is 11.5. The van der Waals surface area contributed by atoms with Crippen molar-refractivity contribution in [3.63, 3.8) is 0 Å². The average Bonchev–Trinajstić information content (AvgIpc) is 2.60. The lowest BCUT2D eigenvalue weighted by Gasteiger charge is -2.22. The fourth-order valence-electron chi connectivity index (χ4n) is 1.35. The monoisotopic (exact) mass is 257 g/mol. The molecule has 1 aromatic rings. The summed E-state index contributed by atoms with van der Waals surface area (Å²) in [6, 6.07) is 0. The Morgan fingerprint density at radius 1 is 1.65 bits per heavy atom. The van der Waals surface area contributed by atoms with Crippen molar-refractivity contribution in [3.05, 3.63) is 12.0 Å². The molecule has 2 N–H and O–H groups in total. The van der Waals surface area contributed by atoms with Gasteiger partial charge in [-0.1, -0.05) is 0 Å². The maximum absolute atomic E-state index is 11.5. The van der Waals surface area contributed by atoms with Crippen LogP contribution < -0.4 is 5.73 Å². The van der Waals surface area contributed by atoms with E-state index in [-0.39, 0.29) is 10.4 Å². The number of nitrogens with zero attached hydrogens (tertiary/aromatic N) is 2. The molecule has 0 aliphatic carbocycles. The Morgan fingerprint density at radius 3 is 2.82 bits per heavy atom. The van der Waals surface area contributed by atoms with Crippen LogP contribution in [-0.4, -0.2) is 33.1 Å². The fourth-order valence-corrected chi connectivity index (χ4v) is 1.62. The summed E-state index contributed by atoms with van der Waals surface area (Å²) in [5, 5.41) is 0. The topological polar surface area (TPSA) is 70.1 Å².